The third-order valence-electron chi connectivity index (χ3n) is 4.03. The Hall–Kier alpha value is -2.16. The number of benzene rings is 1. The highest BCUT2D eigenvalue weighted by molar-refractivity contribution is 6.00. The van der Waals surface area contributed by atoms with Gasteiger partial charge in [-0.15, -0.1) is 0 Å². The Morgan fingerprint density at radius 1 is 1.33 bits per heavy atom. The Morgan fingerprint density at radius 3 is 2.62 bits per heavy atom. The normalized spacial score (nSPS) is 22.6. The van der Waals surface area contributed by atoms with Crippen LogP contribution in [0.5, 0.6) is 0 Å². The minimum Gasteiger partial charge on any atom is -0.357 e. The summed E-state index contributed by atoms with van der Waals surface area (Å²) in [6.07, 6.45) is 2.87. The van der Waals surface area contributed by atoms with Gasteiger partial charge in [-0.25, -0.2) is 0 Å². The van der Waals surface area contributed by atoms with Gasteiger partial charge in [0.1, 0.15) is 5.78 Å². The van der Waals surface area contributed by atoms with Crippen molar-refractivity contribution in [2.45, 2.75) is 26.7 Å². The van der Waals surface area contributed by atoms with Gasteiger partial charge >= 0.3 is 0 Å². The van der Waals surface area contributed by atoms with E-state index in [9.17, 15) is 9.59 Å². The van der Waals surface area contributed by atoms with Gasteiger partial charge in [0.05, 0.1) is 5.70 Å². The molecule has 21 heavy (non-hydrogen) atoms. The third-order valence-corrected chi connectivity index (χ3v) is 4.03. The molecule has 0 amide bonds. The standard InChI is InChI=1S/C18H21NO2/c1-12-9-16(13(2)14(3)20)11-18(21)17(19-12)10-15-7-5-4-6-8-15/h4-8,10,13,16,19H,1,9,11H2,2-3H3/b17-10-. The van der Waals surface area contributed by atoms with Gasteiger partial charge in [-0.3, -0.25) is 9.59 Å². The van der Waals surface area contributed by atoms with Crippen molar-refractivity contribution in [1.82, 2.24) is 5.32 Å². The van der Waals surface area contributed by atoms with Crippen molar-refractivity contribution in [3.8, 4) is 0 Å². The maximum atomic E-state index is 12.4. The van der Waals surface area contributed by atoms with Crippen molar-refractivity contribution < 1.29 is 9.59 Å². The lowest BCUT2D eigenvalue weighted by Gasteiger charge is -2.18. The van der Waals surface area contributed by atoms with E-state index in [-0.39, 0.29) is 23.4 Å². The van der Waals surface area contributed by atoms with Crippen LogP contribution in [0.25, 0.3) is 6.08 Å². The molecule has 0 radical (unpaired) electrons. The largest absolute Gasteiger partial charge is 0.357 e. The first kappa shape index (κ1) is 15.2. The first-order valence-corrected chi connectivity index (χ1v) is 7.22. The van der Waals surface area contributed by atoms with E-state index in [0.29, 0.717) is 18.5 Å². The van der Waals surface area contributed by atoms with Crippen LogP contribution in [0.1, 0.15) is 32.3 Å². The van der Waals surface area contributed by atoms with E-state index in [1.165, 1.54) is 0 Å². The number of carbonyl (C=O) groups excluding carboxylic acids is 2. The molecule has 0 spiro atoms. The minimum atomic E-state index is -0.122. The molecule has 1 heterocycles. The highest BCUT2D eigenvalue weighted by Crippen LogP contribution is 2.28. The number of rotatable bonds is 3. The lowest BCUT2D eigenvalue weighted by atomic mass is 9.84. The van der Waals surface area contributed by atoms with Gasteiger partial charge in [-0.05, 0) is 30.9 Å². The van der Waals surface area contributed by atoms with Crippen molar-refractivity contribution >= 4 is 17.6 Å². The summed E-state index contributed by atoms with van der Waals surface area (Å²) in [5.41, 5.74) is 2.32. The summed E-state index contributed by atoms with van der Waals surface area (Å²) < 4.78 is 0. The van der Waals surface area contributed by atoms with Crippen LogP contribution in [-0.2, 0) is 9.59 Å². The SMILES string of the molecule is C=C1CC(C(C)C(C)=O)CC(=O)/C(=C/c2ccccc2)N1. The molecule has 1 saturated heterocycles. The molecule has 0 aromatic heterocycles. The van der Waals surface area contributed by atoms with Crippen LogP contribution in [0, 0.1) is 11.8 Å². The predicted molar refractivity (Wildman–Crippen MR) is 84.3 cm³/mol. The van der Waals surface area contributed by atoms with Crippen molar-refractivity contribution in [3.05, 3.63) is 53.9 Å². The molecule has 0 saturated carbocycles. The van der Waals surface area contributed by atoms with Crippen molar-refractivity contribution in [3.63, 3.8) is 0 Å². The van der Waals surface area contributed by atoms with Crippen LogP contribution in [0.3, 0.4) is 0 Å². The molecule has 0 aliphatic carbocycles. The Morgan fingerprint density at radius 2 is 2.00 bits per heavy atom. The van der Waals surface area contributed by atoms with Gasteiger partial charge in [-0.2, -0.15) is 0 Å². The maximum Gasteiger partial charge on any atom is 0.179 e. The second-order valence-electron chi connectivity index (χ2n) is 5.69. The van der Waals surface area contributed by atoms with Gasteiger partial charge in [-0.1, -0.05) is 43.8 Å². The zero-order valence-corrected chi connectivity index (χ0v) is 12.6. The molecular formula is C18H21NO2. The molecule has 0 bridgehead atoms. The molecule has 1 fully saturated rings. The number of hydrogen-bond acceptors (Lipinski definition) is 3. The number of carbonyl (C=O) groups is 2. The fourth-order valence-corrected chi connectivity index (χ4v) is 2.57. The molecule has 2 unspecified atom stereocenters. The Balaban J connectivity index is 2.24. The summed E-state index contributed by atoms with van der Waals surface area (Å²) in [5, 5.41) is 3.11. The van der Waals surface area contributed by atoms with Crippen LogP contribution in [0.4, 0.5) is 0 Å². The number of ketones is 2. The quantitative estimate of drug-likeness (QED) is 0.865. The van der Waals surface area contributed by atoms with E-state index in [4.69, 9.17) is 0 Å². The molecule has 1 aliphatic heterocycles. The zero-order valence-electron chi connectivity index (χ0n) is 12.6. The second kappa shape index (κ2) is 6.53. The lowest BCUT2D eigenvalue weighted by molar-refractivity contribution is -0.122. The van der Waals surface area contributed by atoms with Crippen molar-refractivity contribution in [2.24, 2.45) is 11.8 Å². The van der Waals surface area contributed by atoms with E-state index in [2.05, 4.69) is 11.9 Å². The summed E-state index contributed by atoms with van der Waals surface area (Å²) in [7, 11) is 0. The van der Waals surface area contributed by atoms with Crippen LogP contribution in [0.2, 0.25) is 0 Å². The van der Waals surface area contributed by atoms with E-state index in [1.54, 1.807) is 6.92 Å². The summed E-state index contributed by atoms with van der Waals surface area (Å²) in [6.45, 7) is 7.45. The Labute approximate surface area is 125 Å². The van der Waals surface area contributed by atoms with Crippen LogP contribution in [0.15, 0.2) is 48.3 Å². The van der Waals surface area contributed by atoms with Crippen LogP contribution >= 0.6 is 0 Å². The van der Waals surface area contributed by atoms with Crippen molar-refractivity contribution in [1.29, 1.82) is 0 Å². The summed E-state index contributed by atoms with van der Waals surface area (Å²) >= 11 is 0. The third kappa shape index (κ3) is 3.91. The Bertz CT molecular complexity index is 586. The van der Waals surface area contributed by atoms with E-state index in [1.807, 2.05) is 43.3 Å². The number of hydrogen-bond donors (Lipinski definition) is 1. The molecule has 1 aliphatic rings. The summed E-state index contributed by atoms with van der Waals surface area (Å²) in [5.74, 6) is 0.0620. The van der Waals surface area contributed by atoms with Gasteiger partial charge < -0.3 is 5.32 Å². The van der Waals surface area contributed by atoms with Gasteiger partial charge in [0.15, 0.2) is 5.78 Å². The highest BCUT2D eigenvalue weighted by Gasteiger charge is 2.29. The first-order valence-electron chi connectivity index (χ1n) is 7.22. The Kier molecular flexibility index (Phi) is 4.73. The molecular weight excluding hydrogens is 262 g/mol. The maximum absolute atomic E-state index is 12.4. The number of allylic oxidation sites excluding steroid dienone is 2. The number of nitrogens with one attached hydrogen (secondary N) is 1. The molecule has 3 nitrogen and oxygen atoms in total. The van der Waals surface area contributed by atoms with Gasteiger partial charge in [0.2, 0.25) is 0 Å². The molecule has 110 valence electrons. The van der Waals surface area contributed by atoms with Gasteiger partial charge in [0, 0.05) is 18.0 Å². The van der Waals surface area contributed by atoms with E-state index < -0.39 is 0 Å². The highest BCUT2D eigenvalue weighted by atomic mass is 16.1. The fraction of sp³-hybridized carbons (Fsp3) is 0.333. The average molecular weight is 283 g/mol. The van der Waals surface area contributed by atoms with E-state index >= 15 is 0 Å². The predicted octanol–water partition coefficient (Wildman–Crippen LogP) is 3.34. The monoisotopic (exact) mass is 283 g/mol. The zero-order chi connectivity index (χ0) is 15.4. The fourth-order valence-electron chi connectivity index (χ4n) is 2.57. The molecule has 2 atom stereocenters. The average Bonchev–Trinajstić information content (AvgIpc) is 2.58. The van der Waals surface area contributed by atoms with Crippen LogP contribution < -0.4 is 5.32 Å². The molecule has 1 N–H and O–H groups in total. The topological polar surface area (TPSA) is 46.2 Å². The lowest BCUT2D eigenvalue weighted by Crippen LogP contribution is -2.20. The number of Topliss-reactive ketones (excluding diaryl/α,β-unsaturated/α-hetero) is 2. The van der Waals surface area contributed by atoms with Gasteiger partial charge in [0.25, 0.3) is 0 Å². The first-order chi connectivity index (χ1) is 9.97. The minimum absolute atomic E-state index is 0.0247. The van der Waals surface area contributed by atoms with Crippen LogP contribution in [-0.4, -0.2) is 11.6 Å². The van der Waals surface area contributed by atoms with E-state index in [0.717, 1.165) is 11.3 Å². The smallest absolute Gasteiger partial charge is 0.179 e. The molecule has 1 aromatic rings. The summed E-state index contributed by atoms with van der Waals surface area (Å²) in [4.78, 5) is 24.0. The molecule has 2 rings (SSSR count). The molecule has 3 heteroatoms. The molecule has 1 aromatic carbocycles. The second-order valence-corrected chi connectivity index (χ2v) is 5.69. The summed E-state index contributed by atoms with van der Waals surface area (Å²) in [6, 6.07) is 9.70. The van der Waals surface area contributed by atoms with Crippen molar-refractivity contribution in [2.75, 3.05) is 0 Å².